The molecule has 21 heavy (non-hydrogen) atoms. The molecule has 1 saturated heterocycles. The zero-order chi connectivity index (χ0) is 16.0. The SMILES string of the molecule is CO/N=C(/C)C(=O)N1CCC(NC(=O)OC(C)(C)C)CC1. The number of carbonyl (C=O) groups excluding carboxylic acids is 2. The number of likely N-dealkylation sites (tertiary alicyclic amines) is 1. The number of carbonyl (C=O) groups is 2. The van der Waals surface area contributed by atoms with Crippen LogP contribution in [0.25, 0.3) is 0 Å². The van der Waals surface area contributed by atoms with E-state index in [9.17, 15) is 9.59 Å². The van der Waals surface area contributed by atoms with E-state index in [-0.39, 0.29) is 11.9 Å². The Balaban J connectivity index is 2.41. The molecule has 1 N–H and O–H groups in total. The molecule has 0 aliphatic carbocycles. The summed E-state index contributed by atoms with van der Waals surface area (Å²) in [5.41, 5.74) is -0.176. The van der Waals surface area contributed by atoms with E-state index >= 15 is 0 Å². The number of hydrogen-bond acceptors (Lipinski definition) is 5. The average Bonchev–Trinajstić information content (AvgIpc) is 2.36. The van der Waals surface area contributed by atoms with Gasteiger partial charge < -0.3 is 19.8 Å². The first-order chi connectivity index (χ1) is 9.73. The minimum atomic E-state index is -0.505. The first kappa shape index (κ1) is 17.3. The number of alkyl carbamates (subject to hydrolysis) is 1. The highest BCUT2D eigenvalue weighted by atomic mass is 16.6. The van der Waals surface area contributed by atoms with E-state index < -0.39 is 11.7 Å². The van der Waals surface area contributed by atoms with E-state index in [0.717, 1.165) is 0 Å². The Morgan fingerprint density at radius 3 is 2.29 bits per heavy atom. The Labute approximate surface area is 125 Å². The number of oxime groups is 1. The minimum absolute atomic E-state index is 0.0311. The topological polar surface area (TPSA) is 80.2 Å². The average molecular weight is 299 g/mol. The molecule has 1 aliphatic heterocycles. The van der Waals surface area contributed by atoms with Crippen LogP contribution in [0.5, 0.6) is 0 Å². The summed E-state index contributed by atoms with van der Waals surface area (Å²) in [6.45, 7) is 8.26. The van der Waals surface area contributed by atoms with Crippen LogP contribution in [0.1, 0.15) is 40.5 Å². The smallest absolute Gasteiger partial charge is 0.407 e. The maximum absolute atomic E-state index is 12.0. The highest BCUT2D eigenvalue weighted by Gasteiger charge is 2.26. The highest BCUT2D eigenvalue weighted by molar-refractivity contribution is 6.37. The van der Waals surface area contributed by atoms with Crippen LogP contribution in [0.4, 0.5) is 4.79 Å². The van der Waals surface area contributed by atoms with Crippen LogP contribution < -0.4 is 5.32 Å². The number of piperidine rings is 1. The van der Waals surface area contributed by atoms with Crippen molar-refractivity contribution in [3.05, 3.63) is 0 Å². The Bertz CT molecular complexity index is 407. The van der Waals surface area contributed by atoms with Crippen LogP contribution in [-0.2, 0) is 14.4 Å². The lowest BCUT2D eigenvalue weighted by Gasteiger charge is -2.32. The van der Waals surface area contributed by atoms with E-state index in [2.05, 4.69) is 15.3 Å². The molecule has 0 spiro atoms. The van der Waals surface area contributed by atoms with Crippen molar-refractivity contribution < 1.29 is 19.2 Å². The molecule has 0 saturated carbocycles. The van der Waals surface area contributed by atoms with E-state index in [1.165, 1.54) is 7.11 Å². The minimum Gasteiger partial charge on any atom is -0.444 e. The number of nitrogens with zero attached hydrogens (tertiary/aromatic N) is 2. The second-order valence-electron chi connectivity index (χ2n) is 6.07. The third-order valence-corrected chi connectivity index (χ3v) is 3.04. The molecule has 0 aromatic heterocycles. The first-order valence-electron chi connectivity index (χ1n) is 7.09. The van der Waals surface area contributed by atoms with Gasteiger partial charge in [0.15, 0.2) is 0 Å². The van der Waals surface area contributed by atoms with Gasteiger partial charge in [-0.2, -0.15) is 0 Å². The van der Waals surface area contributed by atoms with Gasteiger partial charge in [-0.1, -0.05) is 5.16 Å². The van der Waals surface area contributed by atoms with E-state index in [4.69, 9.17) is 4.74 Å². The monoisotopic (exact) mass is 299 g/mol. The molecular formula is C14H25N3O4. The fraction of sp³-hybridized carbons (Fsp3) is 0.786. The van der Waals surface area contributed by atoms with Gasteiger partial charge in [-0.15, -0.1) is 0 Å². The van der Waals surface area contributed by atoms with Gasteiger partial charge in [0.1, 0.15) is 18.4 Å². The summed E-state index contributed by atoms with van der Waals surface area (Å²) in [7, 11) is 1.41. The summed E-state index contributed by atoms with van der Waals surface area (Å²) in [5.74, 6) is -0.132. The zero-order valence-corrected chi connectivity index (χ0v) is 13.4. The maximum Gasteiger partial charge on any atom is 0.407 e. The predicted octanol–water partition coefficient (Wildman–Crippen LogP) is 1.52. The van der Waals surface area contributed by atoms with Crippen molar-refractivity contribution in [2.24, 2.45) is 5.16 Å². The van der Waals surface area contributed by atoms with Crippen LogP contribution in [0.15, 0.2) is 5.16 Å². The molecule has 0 bridgehead atoms. The Hall–Kier alpha value is -1.79. The van der Waals surface area contributed by atoms with E-state index in [1.54, 1.807) is 11.8 Å². The quantitative estimate of drug-likeness (QED) is 0.633. The fourth-order valence-corrected chi connectivity index (χ4v) is 2.11. The molecule has 7 nitrogen and oxygen atoms in total. The molecule has 120 valence electrons. The molecule has 0 radical (unpaired) electrons. The molecule has 1 heterocycles. The molecule has 1 rings (SSSR count). The Morgan fingerprint density at radius 1 is 1.24 bits per heavy atom. The van der Waals surface area contributed by atoms with E-state index in [0.29, 0.717) is 31.6 Å². The van der Waals surface area contributed by atoms with Crippen molar-refractivity contribution in [1.29, 1.82) is 0 Å². The second kappa shape index (κ2) is 7.28. The van der Waals surface area contributed by atoms with Gasteiger partial charge in [0, 0.05) is 19.1 Å². The highest BCUT2D eigenvalue weighted by Crippen LogP contribution is 2.13. The van der Waals surface area contributed by atoms with E-state index in [1.807, 2.05) is 20.8 Å². The van der Waals surface area contributed by atoms with Crippen LogP contribution in [-0.4, -0.2) is 54.5 Å². The number of amides is 2. The number of ether oxygens (including phenoxy) is 1. The van der Waals surface area contributed by atoms with Gasteiger partial charge in [0.2, 0.25) is 0 Å². The van der Waals surface area contributed by atoms with Crippen molar-refractivity contribution in [2.75, 3.05) is 20.2 Å². The molecule has 7 heteroatoms. The third-order valence-electron chi connectivity index (χ3n) is 3.04. The van der Waals surface area contributed by atoms with Gasteiger partial charge in [0.25, 0.3) is 5.91 Å². The number of rotatable bonds is 3. The molecule has 1 aliphatic rings. The van der Waals surface area contributed by atoms with Gasteiger partial charge in [-0.3, -0.25) is 4.79 Å². The summed E-state index contributed by atoms with van der Waals surface area (Å²) < 4.78 is 5.22. The Kier molecular flexibility index (Phi) is 5.99. The standard InChI is InChI=1S/C14H25N3O4/c1-10(16-20-5)12(18)17-8-6-11(7-9-17)15-13(19)21-14(2,3)4/h11H,6-9H2,1-5H3,(H,15,19)/b16-10-. The van der Waals surface area contributed by atoms with Crippen LogP contribution in [0, 0.1) is 0 Å². The summed E-state index contributed by atoms with van der Waals surface area (Å²) in [6, 6.07) is 0.0311. The first-order valence-corrected chi connectivity index (χ1v) is 7.09. The van der Waals surface area contributed by atoms with Crippen LogP contribution in [0.2, 0.25) is 0 Å². The lowest BCUT2D eigenvalue weighted by molar-refractivity contribution is -0.125. The van der Waals surface area contributed by atoms with Crippen LogP contribution in [0.3, 0.4) is 0 Å². The summed E-state index contributed by atoms with van der Waals surface area (Å²) in [6.07, 6.45) is 0.987. The maximum atomic E-state index is 12.0. The normalized spacial score (nSPS) is 17.4. The summed E-state index contributed by atoms with van der Waals surface area (Å²) >= 11 is 0. The fourth-order valence-electron chi connectivity index (χ4n) is 2.11. The summed E-state index contributed by atoms with van der Waals surface area (Å²) in [5, 5.41) is 6.48. The molecule has 0 unspecified atom stereocenters. The van der Waals surface area contributed by atoms with Gasteiger partial charge in [-0.25, -0.2) is 4.79 Å². The number of nitrogens with one attached hydrogen (secondary N) is 1. The lowest BCUT2D eigenvalue weighted by Crippen LogP contribution is -2.48. The van der Waals surface area contributed by atoms with Crippen molar-refractivity contribution >= 4 is 17.7 Å². The van der Waals surface area contributed by atoms with Crippen molar-refractivity contribution in [1.82, 2.24) is 10.2 Å². The Morgan fingerprint density at radius 2 is 1.81 bits per heavy atom. The predicted molar refractivity (Wildman–Crippen MR) is 79.1 cm³/mol. The molecule has 2 amide bonds. The lowest BCUT2D eigenvalue weighted by atomic mass is 10.0. The molecule has 1 fully saturated rings. The van der Waals surface area contributed by atoms with Crippen molar-refractivity contribution in [3.63, 3.8) is 0 Å². The van der Waals surface area contributed by atoms with Crippen molar-refractivity contribution in [3.8, 4) is 0 Å². The summed E-state index contributed by atoms with van der Waals surface area (Å²) in [4.78, 5) is 30.0. The van der Waals surface area contributed by atoms with Crippen molar-refractivity contribution in [2.45, 2.75) is 52.2 Å². The van der Waals surface area contributed by atoms with Gasteiger partial charge >= 0.3 is 6.09 Å². The largest absolute Gasteiger partial charge is 0.444 e. The van der Waals surface area contributed by atoms with Gasteiger partial charge in [-0.05, 0) is 40.5 Å². The molecular weight excluding hydrogens is 274 g/mol. The zero-order valence-electron chi connectivity index (χ0n) is 13.4. The van der Waals surface area contributed by atoms with Crippen LogP contribution >= 0.6 is 0 Å². The van der Waals surface area contributed by atoms with Gasteiger partial charge in [0.05, 0.1) is 0 Å². The molecule has 0 aromatic rings. The number of hydrogen-bond donors (Lipinski definition) is 1. The second-order valence-corrected chi connectivity index (χ2v) is 6.07. The third kappa shape index (κ3) is 6.01. The molecule has 0 atom stereocenters. The molecule has 0 aromatic carbocycles.